The molecule has 1 heterocycles. The van der Waals surface area contributed by atoms with E-state index in [0.29, 0.717) is 12.4 Å². The molecule has 4 heteroatoms. The average Bonchev–Trinajstić information content (AvgIpc) is 2.04. The fourth-order valence-electron chi connectivity index (χ4n) is 0.849. The van der Waals surface area contributed by atoms with Crippen LogP contribution in [0.4, 0.5) is 0 Å². The lowest BCUT2D eigenvalue weighted by Crippen LogP contribution is -2.03. The molecular weight excluding hydrogens is 142 g/mol. The van der Waals surface area contributed by atoms with Crippen molar-refractivity contribution in [2.45, 2.75) is 13.5 Å². The molecule has 0 aliphatic rings. The lowest BCUT2D eigenvalue weighted by atomic mass is 10.2. The van der Waals surface area contributed by atoms with E-state index in [4.69, 9.17) is 10.5 Å². The average molecular weight is 153 g/mol. The molecular formula is C7H11N3O. The smallest absolute Gasteiger partial charge is 0.237 e. The summed E-state index contributed by atoms with van der Waals surface area (Å²) >= 11 is 0. The van der Waals surface area contributed by atoms with Crippen molar-refractivity contribution in [3.05, 3.63) is 17.3 Å². The van der Waals surface area contributed by atoms with Crippen LogP contribution in [0.15, 0.2) is 6.07 Å². The van der Waals surface area contributed by atoms with Gasteiger partial charge in [-0.05, 0) is 13.0 Å². The van der Waals surface area contributed by atoms with Crippen molar-refractivity contribution in [3.8, 4) is 5.88 Å². The molecule has 0 atom stereocenters. The molecule has 2 N–H and O–H groups in total. The van der Waals surface area contributed by atoms with Crippen LogP contribution in [-0.2, 0) is 6.54 Å². The number of ether oxygens (including phenoxy) is 1. The van der Waals surface area contributed by atoms with Gasteiger partial charge in [-0.2, -0.15) is 5.10 Å². The molecule has 0 unspecified atom stereocenters. The Morgan fingerprint density at radius 1 is 1.55 bits per heavy atom. The maximum atomic E-state index is 5.45. The maximum Gasteiger partial charge on any atom is 0.237 e. The molecule has 0 spiro atoms. The second kappa shape index (κ2) is 3.30. The van der Waals surface area contributed by atoms with E-state index < -0.39 is 0 Å². The first kappa shape index (κ1) is 7.94. The van der Waals surface area contributed by atoms with Gasteiger partial charge in [0.2, 0.25) is 5.88 Å². The topological polar surface area (TPSA) is 61.0 Å². The minimum Gasteiger partial charge on any atom is -0.480 e. The molecule has 0 radical (unpaired) electrons. The molecule has 0 bridgehead atoms. The fraction of sp³-hybridized carbons (Fsp3) is 0.429. The number of nitrogens with zero attached hydrogens (tertiary/aromatic N) is 2. The van der Waals surface area contributed by atoms with Crippen LogP contribution in [0.5, 0.6) is 5.88 Å². The number of nitrogens with two attached hydrogens (primary N) is 1. The first-order valence-corrected chi connectivity index (χ1v) is 3.35. The normalized spacial score (nSPS) is 9.73. The molecule has 4 nitrogen and oxygen atoms in total. The Bertz CT molecular complexity index is 249. The lowest BCUT2D eigenvalue weighted by molar-refractivity contribution is 0.386. The summed E-state index contributed by atoms with van der Waals surface area (Å²) in [5.74, 6) is 0.512. The molecule has 1 aromatic rings. The molecule has 11 heavy (non-hydrogen) atoms. The van der Waals surface area contributed by atoms with Crippen molar-refractivity contribution >= 4 is 0 Å². The summed E-state index contributed by atoms with van der Waals surface area (Å²) in [6.07, 6.45) is 0. The van der Waals surface area contributed by atoms with Gasteiger partial charge in [0.25, 0.3) is 0 Å². The quantitative estimate of drug-likeness (QED) is 0.661. The van der Waals surface area contributed by atoms with Gasteiger partial charge < -0.3 is 10.5 Å². The van der Waals surface area contributed by atoms with Crippen LogP contribution in [0, 0.1) is 6.92 Å². The SMILES string of the molecule is COc1nnc(C)cc1CN. The van der Waals surface area contributed by atoms with Crippen LogP contribution in [-0.4, -0.2) is 17.3 Å². The first-order valence-electron chi connectivity index (χ1n) is 3.35. The number of aryl methyl sites for hydroxylation is 1. The third kappa shape index (κ3) is 1.65. The summed E-state index contributed by atoms with van der Waals surface area (Å²) in [6.45, 7) is 2.30. The van der Waals surface area contributed by atoms with E-state index in [-0.39, 0.29) is 0 Å². The summed E-state index contributed by atoms with van der Waals surface area (Å²) in [5.41, 5.74) is 7.19. The van der Waals surface area contributed by atoms with Gasteiger partial charge in [0.1, 0.15) is 0 Å². The van der Waals surface area contributed by atoms with Gasteiger partial charge in [0.15, 0.2) is 0 Å². The summed E-state index contributed by atoms with van der Waals surface area (Å²) < 4.78 is 4.94. The van der Waals surface area contributed by atoms with E-state index in [9.17, 15) is 0 Å². The second-order valence-corrected chi connectivity index (χ2v) is 2.22. The van der Waals surface area contributed by atoms with Crippen LogP contribution in [0.25, 0.3) is 0 Å². The van der Waals surface area contributed by atoms with Gasteiger partial charge in [-0.1, -0.05) is 0 Å². The highest BCUT2D eigenvalue weighted by Gasteiger charge is 2.02. The predicted molar refractivity (Wildman–Crippen MR) is 41.2 cm³/mol. The number of rotatable bonds is 2. The Balaban J connectivity index is 3.06. The highest BCUT2D eigenvalue weighted by molar-refractivity contribution is 5.25. The molecule has 0 aromatic carbocycles. The first-order chi connectivity index (χ1) is 5.27. The van der Waals surface area contributed by atoms with Crippen LogP contribution in [0.3, 0.4) is 0 Å². The second-order valence-electron chi connectivity index (χ2n) is 2.22. The van der Waals surface area contributed by atoms with Crippen molar-refractivity contribution < 1.29 is 4.74 Å². The maximum absolute atomic E-state index is 5.45. The summed E-state index contributed by atoms with van der Waals surface area (Å²) in [6, 6.07) is 1.87. The van der Waals surface area contributed by atoms with E-state index in [1.54, 1.807) is 7.11 Å². The van der Waals surface area contributed by atoms with Crippen molar-refractivity contribution in [2.24, 2.45) is 5.73 Å². The predicted octanol–water partition coefficient (Wildman–Crippen LogP) is 0.252. The molecule has 0 saturated heterocycles. The van der Waals surface area contributed by atoms with Crippen LogP contribution < -0.4 is 10.5 Å². The molecule has 60 valence electrons. The minimum atomic E-state index is 0.430. The van der Waals surface area contributed by atoms with E-state index in [1.807, 2.05) is 13.0 Å². The molecule has 0 fully saturated rings. The van der Waals surface area contributed by atoms with Crippen molar-refractivity contribution in [1.29, 1.82) is 0 Å². The highest BCUT2D eigenvalue weighted by atomic mass is 16.5. The van der Waals surface area contributed by atoms with E-state index in [2.05, 4.69) is 10.2 Å². The number of aromatic nitrogens is 2. The molecule has 1 aromatic heterocycles. The van der Waals surface area contributed by atoms with E-state index in [1.165, 1.54) is 0 Å². The van der Waals surface area contributed by atoms with Gasteiger partial charge in [-0.3, -0.25) is 0 Å². The molecule has 0 amide bonds. The van der Waals surface area contributed by atoms with Gasteiger partial charge in [-0.25, -0.2) is 0 Å². The highest BCUT2D eigenvalue weighted by Crippen LogP contribution is 2.12. The van der Waals surface area contributed by atoms with Crippen LogP contribution >= 0.6 is 0 Å². The molecule has 0 aliphatic carbocycles. The summed E-state index contributed by atoms with van der Waals surface area (Å²) in [7, 11) is 1.55. The Morgan fingerprint density at radius 3 is 2.82 bits per heavy atom. The third-order valence-corrected chi connectivity index (χ3v) is 1.37. The van der Waals surface area contributed by atoms with E-state index >= 15 is 0 Å². The minimum absolute atomic E-state index is 0.430. The Hall–Kier alpha value is -1.16. The van der Waals surface area contributed by atoms with Crippen molar-refractivity contribution in [3.63, 3.8) is 0 Å². The largest absolute Gasteiger partial charge is 0.480 e. The molecule has 0 saturated carbocycles. The zero-order chi connectivity index (χ0) is 8.27. The third-order valence-electron chi connectivity index (χ3n) is 1.37. The number of methoxy groups -OCH3 is 1. The van der Waals surface area contributed by atoms with Crippen molar-refractivity contribution in [1.82, 2.24) is 10.2 Å². The Labute approximate surface area is 65.4 Å². The van der Waals surface area contributed by atoms with Gasteiger partial charge in [-0.15, -0.1) is 5.10 Å². The van der Waals surface area contributed by atoms with Gasteiger partial charge in [0, 0.05) is 12.1 Å². The van der Waals surface area contributed by atoms with E-state index in [0.717, 1.165) is 11.3 Å². The van der Waals surface area contributed by atoms with Crippen molar-refractivity contribution in [2.75, 3.05) is 7.11 Å². The number of hydrogen-bond acceptors (Lipinski definition) is 4. The fourth-order valence-corrected chi connectivity index (χ4v) is 0.849. The Morgan fingerprint density at radius 2 is 2.27 bits per heavy atom. The Kier molecular flexibility index (Phi) is 2.38. The lowest BCUT2D eigenvalue weighted by Gasteiger charge is -2.03. The van der Waals surface area contributed by atoms with Crippen LogP contribution in [0.1, 0.15) is 11.3 Å². The molecule has 0 aliphatic heterocycles. The van der Waals surface area contributed by atoms with Gasteiger partial charge >= 0.3 is 0 Å². The number of hydrogen-bond donors (Lipinski definition) is 1. The van der Waals surface area contributed by atoms with Gasteiger partial charge in [0.05, 0.1) is 12.8 Å². The summed E-state index contributed by atoms with van der Waals surface area (Å²) in [4.78, 5) is 0. The summed E-state index contributed by atoms with van der Waals surface area (Å²) in [5, 5.41) is 7.64. The standard InChI is InChI=1S/C7H11N3O/c1-5-3-6(4-8)7(11-2)10-9-5/h3H,4,8H2,1-2H3. The van der Waals surface area contributed by atoms with Crippen LogP contribution in [0.2, 0.25) is 0 Å². The zero-order valence-electron chi connectivity index (χ0n) is 6.66. The molecule has 1 rings (SSSR count). The zero-order valence-corrected chi connectivity index (χ0v) is 6.66. The monoisotopic (exact) mass is 153 g/mol.